The molecule has 88 valence electrons. The Morgan fingerprint density at radius 1 is 1.38 bits per heavy atom. The highest BCUT2D eigenvalue weighted by atomic mass is 19.4. The lowest BCUT2D eigenvalue weighted by Crippen LogP contribution is -2.48. The van der Waals surface area contributed by atoms with Crippen LogP contribution in [0.1, 0.15) is 17.5 Å². The predicted molar refractivity (Wildman–Crippen MR) is 53.2 cm³/mol. The monoisotopic (exact) mass is 231 g/mol. The van der Waals surface area contributed by atoms with E-state index in [1.54, 1.807) is 6.07 Å². The Morgan fingerprint density at radius 3 is 2.62 bits per heavy atom. The van der Waals surface area contributed by atoms with Crippen LogP contribution in [0.2, 0.25) is 0 Å². The number of ether oxygens (including phenoxy) is 1. The van der Waals surface area contributed by atoms with E-state index < -0.39 is 11.7 Å². The summed E-state index contributed by atoms with van der Waals surface area (Å²) in [5.74, 6) is 0.481. The Labute approximate surface area is 91.2 Å². The largest absolute Gasteiger partial charge is 0.496 e. The maximum absolute atomic E-state index is 12.9. The molecule has 1 aromatic rings. The minimum absolute atomic E-state index is 0.119. The minimum atomic E-state index is -4.43. The van der Waals surface area contributed by atoms with Gasteiger partial charge in [-0.05, 0) is 30.0 Å². The quantitative estimate of drug-likeness (QED) is 0.805. The Balaban J connectivity index is 2.56. The molecule has 1 unspecified atom stereocenters. The molecule has 2 rings (SSSR count). The van der Waals surface area contributed by atoms with E-state index >= 15 is 0 Å². The normalized spacial score (nSPS) is 24.3. The zero-order valence-electron chi connectivity index (χ0n) is 8.77. The van der Waals surface area contributed by atoms with E-state index in [4.69, 9.17) is 10.5 Å². The summed E-state index contributed by atoms with van der Waals surface area (Å²) in [5.41, 5.74) is 3.98. The van der Waals surface area contributed by atoms with E-state index in [-0.39, 0.29) is 12.0 Å². The number of hydrogen-bond donors (Lipinski definition) is 1. The van der Waals surface area contributed by atoms with Gasteiger partial charge in [-0.15, -0.1) is 0 Å². The first-order valence-corrected chi connectivity index (χ1v) is 4.92. The van der Waals surface area contributed by atoms with E-state index in [0.29, 0.717) is 17.7 Å². The molecular formula is C11H12F3NO. The standard InChI is InChI=1S/C11H12F3NO/c1-16-9-4-2-3-8-7(9)5-6-10(8,15)11(12,13)14/h2-4H,5-6,15H2,1H3. The van der Waals surface area contributed by atoms with Gasteiger partial charge in [0.25, 0.3) is 0 Å². The highest BCUT2D eigenvalue weighted by Gasteiger charge is 2.56. The Bertz CT molecular complexity index is 416. The molecule has 2 nitrogen and oxygen atoms in total. The summed E-state index contributed by atoms with van der Waals surface area (Å²) in [4.78, 5) is 0. The first-order valence-electron chi connectivity index (χ1n) is 4.92. The summed E-state index contributed by atoms with van der Waals surface area (Å²) < 4.78 is 43.7. The summed E-state index contributed by atoms with van der Waals surface area (Å²) in [7, 11) is 1.44. The molecule has 5 heteroatoms. The van der Waals surface area contributed by atoms with Crippen molar-refractivity contribution in [2.24, 2.45) is 5.73 Å². The fourth-order valence-electron chi connectivity index (χ4n) is 2.18. The van der Waals surface area contributed by atoms with Gasteiger partial charge < -0.3 is 10.5 Å². The van der Waals surface area contributed by atoms with Gasteiger partial charge in [0, 0.05) is 0 Å². The third-order valence-electron chi connectivity index (χ3n) is 3.11. The van der Waals surface area contributed by atoms with Crippen molar-refractivity contribution in [3.05, 3.63) is 29.3 Å². The van der Waals surface area contributed by atoms with Gasteiger partial charge in [-0.25, -0.2) is 0 Å². The number of hydrogen-bond acceptors (Lipinski definition) is 2. The highest BCUT2D eigenvalue weighted by Crippen LogP contribution is 2.48. The summed E-state index contributed by atoms with van der Waals surface area (Å²) in [5, 5.41) is 0. The van der Waals surface area contributed by atoms with Crippen molar-refractivity contribution in [1.29, 1.82) is 0 Å². The molecule has 0 saturated heterocycles. The fourth-order valence-corrected chi connectivity index (χ4v) is 2.18. The summed E-state index contributed by atoms with van der Waals surface area (Å²) in [6, 6.07) is 4.62. The van der Waals surface area contributed by atoms with Gasteiger partial charge in [-0.1, -0.05) is 12.1 Å². The van der Waals surface area contributed by atoms with Crippen LogP contribution in [0, 0.1) is 0 Å². The van der Waals surface area contributed by atoms with Gasteiger partial charge in [0.05, 0.1) is 7.11 Å². The molecule has 0 aromatic heterocycles. The maximum atomic E-state index is 12.9. The molecule has 0 radical (unpaired) electrons. The molecule has 1 aromatic carbocycles. The number of benzene rings is 1. The van der Waals surface area contributed by atoms with E-state index in [2.05, 4.69) is 0 Å². The molecular weight excluding hydrogens is 219 g/mol. The van der Waals surface area contributed by atoms with Crippen molar-refractivity contribution in [2.75, 3.05) is 7.11 Å². The van der Waals surface area contributed by atoms with Crippen molar-refractivity contribution in [3.8, 4) is 5.75 Å². The van der Waals surface area contributed by atoms with Gasteiger partial charge in [-0.2, -0.15) is 13.2 Å². The van der Waals surface area contributed by atoms with Crippen molar-refractivity contribution >= 4 is 0 Å². The number of fused-ring (bicyclic) bond motifs is 1. The van der Waals surface area contributed by atoms with Crippen LogP contribution in [0.25, 0.3) is 0 Å². The van der Waals surface area contributed by atoms with Gasteiger partial charge in [0.1, 0.15) is 11.3 Å². The summed E-state index contributed by atoms with van der Waals surface area (Å²) in [6.07, 6.45) is -4.24. The molecule has 0 aliphatic heterocycles. The molecule has 1 aliphatic rings. The minimum Gasteiger partial charge on any atom is -0.496 e. The predicted octanol–water partition coefficient (Wildman–Crippen LogP) is 2.36. The third kappa shape index (κ3) is 1.38. The van der Waals surface area contributed by atoms with E-state index in [1.165, 1.54) is 19.2 Å². The van der Waals surface area contributed by atoms with Gasteiger partial charge >= 0.3 is 6.18 Å². The summed E-state index contributed by atoms with van der Waals surface area (Å²) >= 11 is 0. The molecule has 0 bridgehead atoms. The lowest BCUT2D eigenvalue weighted by atomic mass is 9.92. The molecule has 1 aliphatic carbocycles. The number of nitrogens with two attached hydrogens (primary N) is 1. The number of alkyl halides is 3. The number of rotatable bonds is 1. The van der Waals surface area contributed by atoms with Crippen molar-refractivity contribution in [3.63, 3.8) is 0 Å². The maximum Gasteiger partial charge on any atom is 0.410 e. The zero-order chi connectivity index (χ0) is 12.0. The highest BCUT2D eigenvalue weighted by molar-refractivity contribution is 5.48. The van der Waals surface area contributed by atoms with Crippen molar-refractivity contribution in [2.45, 2.75) is 24.6 Å². The second kappa shape index (κ2) is 3.38. The Morgan fingerprint density at radius 2 is 2.06 bits per heavy atom. The van der Waals surface area contributed by atoms with E-state index in [0.717, 1.165) is 0 Å². The van der Waals surface area contributed by atoms with Gasteiger partial charge in [-0.3, -0.25) is 0 Å². The molecule has 0 amide bonds. The zero-order valence-corrected chi connectivity index (χ0v) is 8.77. The van der Waals surface area contributed by atoms with Gasteiger partial charge in [0.2, 0.25) is 0 Å². The number of halogens is 3. The molecule has 0 fully saturated rings. The van der Waals surface area contributed by atoms with Crippen LogP contribution in [0.4, 0.5) is 13.2 Å². The molecule has 1 atom stereocenters. The second-order valence-corrected chi connectivity index (χ2v) is 3.96. The third-order valence-corrected chi connectivity index (χ3v) is 3.11. The van der Waals surface area contributed by atoms with Crippen LogP contribution >= 0.6 is 0 Å². The first kappa shape index (κ1) is 11.3. The van der Waals surface area contributed by atoms with Gasteiger partial charge in [0.15, 0.2) is 0 Å². The van der Waals surface area contributed by atoms with Crippen LogP contribution in [0.15, 0.2) is 18.2 Å². The summed E-state index contributed by atoms with van der Waals surface area (Å²) in [6.45, 7) is 0. The molecule has 0 spiro atoms. The first-order chi connectivity index (χ1) is 7.40. The van der Waals surface area contributed by atoms with Crippen molar-refractivity contribution < 1.29 is 17.9 Å². The van der Waals surface area contributed by atoms with Crippen LogP contribution in [0.3, 0.4) is 0 Å². The Hall–Kier alpha value is -1.23. The second-order valence-electron chi connectivity index (χ2n) is 3.96. The molecule has 2 N–H and O–H groups in total. The van der Waals surface area contributed by atoms with E-state index in [9.17, 15) is 13.2 Å². The Kier molecular flexibility index (Phi) is 2.38. The lowest BCUT2D eigenvalue weighted by Gasteiger charge is -2.28. The average molecular weight is 231 g/mol. The van der Waals surface area contributed by atoms with Crippen LogP contribution in [0.5, 0.6) is 5.75 Å². The molecule has 16 heavy (non-hydrogen) atoms. The lowest BCUT2D eigenvalue weighted by molar-refractivity contribution is -0.188. The molecule has 0 saturated carbocycles. The smallest absolute Gasteiger partial charge is 0.410 e. The van der Waals surface area contributed by atoms with Crippen LogP contribution in [-0.2, 0) is 12.0 Å². The van der Waals surface area contributed by atoms with E-state index in [1.807, 2.05) is 0 Å². The molecule has 0 heterocycles. The number of methoxy groups -OCH3 is 1. The van der Waals surface area contributed by atoms with Crippen LogP contribution in [-0.4, -0.2) is 13.3 Å². The SMILES string of the molecule is COc1cccc2c1CCC2(N)C(F)(F)F. The topological polar surface area (TPSA) is 35.2 Å². The fraction of sp³-hybridized carbons (Fsp3) is 0.455. The van der Waals surface area contributed by atoms with Crippen LogP contribution < -0.4 is 10.5 Å². The average Bonchev–Trinajstić information content (AvgIpc) is 2.57. The van der Waals surface area contributed by atoms with Crippen molar-refractivity contribution in [1.82, 2.24) is 0 Å².